The fourth-order valence-electron chi connectivity index (χ4n) is 4.23. The monoisotopic (exact) mass is 533 g/mol. The van der Waals surface area contributed by atoms with Gasteiger partial charge in [-0.05, 0) is 62.1 Å². The molecule has 0 bridgehead atoms. The molecule has 2 amide bonds. The Balaban J connectivity index is 1.95. The standard InChI is InChI=1S/C24H37ClFN3O5S/c1-17(2)14-21(23(27)30)29(24(31)34-16-18-8-4-3-5-9-18)13-7-6-12-28-35(32,33)22-11-10-19(26)15-20(22)25/h10-11,15,17-18,21,28H,3-9,12-14,16H2,1-2H3,(H2,27,30)/t21-/m0/s1. The van der Waals surface area contributed by atoms with Crippen molar-refractivity contribution in [3.8, 4) is 0 Å². The number of sulfonamides is 1. The zero-order chi connectivity index (χ0) is 26.0. The molecule has 1 atom stereocenters. The van der Waals surface area contributed by atoms with Crippen molar-refractivity contribution in [2.24, 2.45) is 17.6 Å². The third-order valence-electron chi connectivity index (χ3n) is 6.10. The molecule has 1 saturated carbocycles. The summed E-state index contributed by atoms with van der Waals surface area (Å²) in [4.78, 5) is 26.2. The van der Waals surface area contributed by atoms with Crippen LogP contribution < -0.4 is 10.5 Å². The number of amides is 2. The summed E-state index contributed by atoms with van der Waals surface area (Å²) in [6.07, 6.45) is 6.14. The second kappa shape index (κ2) is 14.0. The lowest BCUT2D eigenvalue weighted by Crippen LogP contribution is -2.49. The summed E-state index contributed by atoms with van der Waals surface area (Å²) in [5.74, 6) is -0.762. The maximum atomic E-state index is 13.2. The molecular formula is C24H37ClFN3O5S. The van der Waals surface area contributed by atoms with E-state index in [0.717, 1.165) is 43.9 Å². The molecule has 11 heteroatoms. The largest absolute Gasteiger partial charge is 0.449 e. The van der Waals surface area contributed by atoms with Crippen LogP contribution in [-0.4, -0.2) is 51.1 Å². The van der Waals surface area contributed by atoms with Crippen LogP contribution in [0.5, 0.6) is 0 Å². The smallest absolute Gasteiger partial charge is 0.410 e. The molecule has 0 aliphatic heterocycles. The molecule has 0 aromatic heterocycles. The van der Waals surface area contributed by atoms with Gasteiger partial charge in [0.15, 0.2) is 0 Å². The average molecular weight is 534 g/mol. The highest BCUT2D eigenvalue weighted by atomic mass is 35.5. The number of carbonyl (C=O) groups is 2. The number of benzene rings is 1. The van der Waals surface area contributed by atoms with Gasteiger partial charge >= 0.3 is 6.09 Å². The van der Waals surface area contributed by atoms with Crippen LogP contribution in [0, 0.1) is 17.7 Å². The van der Waals surface area contributed by atoms with Gasteiger partial charge in [0.25, 0.3) is 0 Å². The van der Waals surface area contributed by atoms with E-state index in [9.17, 15) is 22.4 Å². The molecule has 198 valence electrons. The van der Waals surface area contributed by atoms with E-state index in [0.29, 0.717) is 31.8 Å². The first kappa shape index (κ1) is 29.3. The van der Waals surface area contributed by atoms with Crippen LogP contribution in [-0.2, 0) is 19.6 Å². The van der Waals surface area contributed by atoms with Crippen molar-refractivity contribution in [2.45, 2.75) is 76.2 Å². The van der Waals surface area contributed by atoms with Crippen molar-refractivity contribution in [3.63, 3.8) is 0 Å². The summed E-state index contributed by atoms with van der Waals surface area (Å²) >= 11 is 5.86. The average Bonchev–Trinajstić information content (AvgIpc) is 2.78. The van der Waals surface area contributed by atoms with Gasteiger partial charge < -0.3 is 10.5 Å². The van der Waals surface area contributed by atoms with Crippen LogP contribution in [0.4, 0.5) is 9.18 Å². The number of hydrogen-bond acceptors (Lipinski definition) is 5. The maximum Gasteiger partial charge on any atom is 0.410 e. The number of halogens is 2. The Labute approximate surface area is 212 Å². The third-order valence-corrected chi connectivity index (χ3v) is 8.05. The molecule has 0 heterocycles. The minimum absolute atomic E-state index is 0.0758. The van der Waals surface area contributed by atoms with Gasteiger partial charge in [-0.1, -0.05) is 44.7 Å². The minimum atomic E-state index is -3.92. The normalized spacial score (nSPS) is 15.7. The Morgan fingerprint density at radius 2 is 1.91 bits per heavy atom. The molecule has 1 aromatic rings. The summed E-state index contributed by atoms with van der Waals surface area (Å²) in [5.41, 5.74) is 5.62. The summed E-state index contributed by atoms with van der Waals surface area (Å²) in [5, 5.41) is -0.206. The highest BCUT2D eigenvalue weighted by Crippen LogP contribution is 2.25. The Hall–Kier alpha value is -1.91. The van der Waals surface area contributed by atoms with Gasteiger partial charge in [0.2, 0.25) is 15.9 Å². The SMILES string of the molecule is CC(C)C[C@@H](C(N)=O)N(CCCCNS(=O)(=O)c1ccc(F)cc1Cl)C(=O)OCC1CCCCC1. The van der Waals surface area contributed by atoms with Crippen molar-refractivity contribution in [1.29, 1.82) is 0 Å². The predicted octanol–water partition coefficient (Wildman–Crippen LogP) is 4.46. The minimum Gasteiger partial charge on any atom is -0.449 e. The molecule has 0 spiro atoms. The van der Waals surface area contributed by atoms with Gasteiger partial charge in [-0.15, -0.1) is 0 Å². The van der Waals surface area contributed by atoms with Crippen LogP contribution in [0.15, 0.2) is 23.1 Å². The first-order valence-corrected chi connectivity index (χ1v) is 14.0. The van der Waals surface area contributed by atoms with Crippen LogP contribution in [0.1, 0.15) is 65.2 Å². The number of nitrogens with zero attached hydrogens (tertiary/aromatic N) is 1. The molecule has 1 aromatic carbocycles. The summed E-state index contributed by atoms with van der Waals surface area (Å²) in [7, 11) is -3.92. The number of carbonyl (C=O) groups excluding carboxylic acids is 2. The van der Waals surface area contributed by atoms with E-state index < -0.39 is 33.9 Å². The van der Waals surface area contributed by atoms with Gasteiger partial charge in [-0.3, -0.25) is 9.69 Å². The predicted molar refractivity (Wildman–Crippen MR) is 133 cm³/mol. The number of unbranched alkanes of at least 4 members (excludes halogenated alkanes) is 1. The Bertz CT molecular complexity index is 954. The van der Waals surface area contributed by atoms with Gasteiger partial charge in [0.05, 0.1) is 11.6 Å². The van der Waals surface area contributed by atoms with Crippen LogP contribution in [0.2, 0.25) is 5.02 Å². The molecule has 0 unspecified atom stereocenters. The lowest BCUT2D eigenvalue weighted by Gasteiger charge is -2.31. The molecule has 3 N–H and O–H groups in total. The van der Waals surface area contributed by atoms with E-state index in [2.05, 4.69) is 4.72 Å². The number of nitrogens with two attached hydrogens (primary N) is 1. The lowest BCUT2D eigenvalue weighted by molar-refractivity contribution is -0.123. The molecule has 1 aliphatic rings. The number of nitrogens with one attached hydrogen (secondary N) is 1. The summed E-state index contributed by atoms with van der Waals surface area (Å²) < 4.78 is 46.1. The quantitative estimate of drug-likeness (QED) is 0.363. The van der Waals surface area contributed by atoms with E-state index in [1.807, 2.05) is 13.8 Å². The molecular weight excluding hydrogens is 497 g/mol. The molecule has 1 fully saturated rings. The first-order chi connectivity index (χ1) is 16.5. The number of hydrogen-bond donors (Lipinski definition) is 2. The number of primary amides is 1. The fraction of sp³-hybridized carbons (Fsp3) is 0.667. The molecule has 1 aliphatic carbocycles. The Morgan fingerprint density at radius 1 is 1.23 bits per heavy atom. The first-order valence-electron chi connectivity index (χ1n) is 12.2. The van der Waals surface area contributed by atoms with E-state index in [-0.39, 0.29) is 28.9 Å². The Kier molecular flexibility index (Phi) is 11.7. The molecule has 35 heavy (non-hydrogen) atoms. The third kappa shape index (κ3) is 9.57. The van der Waals surface area contributed by atoms with E-state index in [4.69, 9.17) is 22.1 Å². The van der Waals surface area contributed by atoms with Crippen LogP contribution >= 0.6 is 11.6 Å². The van der Waals surface area contributed by atoms with E-state index in [1.165, 1.54) is 11.3 Å². The highest BCUT2D eigenvalue weighted by Gasteiger charge is 2.30. The van der Waals surface area contributed by atoms with Gasteiger partial charge in [-0.25, -0.2) is 22.3 Å². The zero-order valence-corrected chi connectivity index (χ0v) is 22.0. The summed E-state index contributed by atoms with van der Waals surface area (Å²) in [6.45, 7) is 4.48. The molecule has 0 saturated heterocycles. The molecule has 8 nitrogen and oxygen atoms in total. The number of rotatable bonds is 13. The van der Waals surface area contributed by atoms with Crippen molar-refractivity contribution in [3.05, 3.63) is 29.0 Å². The van der Waals surface area contributed by atoms with Gasteiger partial charge in [0, 0.05) is 13.1 Å². The topological polar surface area (TPSA) is 119 Å². The lowest BCUT2D eigenvalue weighted by atomic mass is 9.90. The summed E-state index contributed by atoms with van der Waals surface area (Å²) in [6, 6.07) is 2.26. The number of ether oxygens (including phenoxy) is 1. The van der Waals surface area contributed by atoms with Crippen molar-refractivity contribution < 1.29 is 27.1 Å². The van der Waals surface area contributed by atoms with Gasteiger partial charge in [-0.2, -0.15) is 0 Å². The maximum absolute atomic E-state index is 13.2. The van der Waals surface area contributed by atoms with Gasteiger partial charge in [0.1, 0.15) is 16.8 Å². The fourth-order valence-corrected chi connectivity index (χ4v) is 5.83. The second-order valence-electron chi connectivity index (χ2n) is 9.50. The van der Waals surface area contributed by atoms with Crippen molar-refractivity contribution in [1.82, 2.24) is 9.62 Å². The zero-order valence-electron chi connectivity index (χ0n) is 20.5. The van der Waals surface area contributed by atoms with E-state index in [1.54, 1.807) is 0 Å². The van der Waals surface area contributed by atoms with Crippen LogP contribution in [0.25, 0.3) is 0 Å². The second-order valence-corrected chi connectivity index (χ2v) is 11.6. The van der Waals surface area contributed by atoms with E-state index >= 15 is 0 Å². The van der Waals surface area contributed by atoms with Crippen molar-refractivity contribution in [2.75, 3.05) is 19.7 Å². The molecule has 2 rings (SSSR count). The highest BCUT2D eigenvalue weighted by molar-refractivity contribution is 7.89. The molecule has 0 radical (unpaired) electrons. The Morgan fingerprint density at radius 3 is 2.51 bits per heavy atom. The van der Waals surface area contributed by atoms with Crippen molar-refractivity contribution >= 4 is 33.6 Å². The van der Waals surface area contributed by atoms with Crippen LogP contribution in [0.3, 0.4) is 0 Å².